The highest BCUT2D eigenvalue weighted by atomic mass is 31.2. The first-order chi connectivity index (χ1) is 48.9. The smallest absolute Gasteiger partial charge is 0.462 e. The highest BCUT2D eigenvalue weighted by Crippen LogP contribution is 2.45. The number of carbonyl (C=O) groups is 4. The van der Waals surface area contributed by atoms with Crippen molar-refractivity contribution >= 4 is 39.5 Å². The Hall–Kier alpha value is -1.94. The third kappa shape index (κ3) is 74.7. The number of aliphatic hydroxyl groups excluding tert-OH is 1. The maximum absolute atomic E-state index is 13.1. The van der Waals surface area contributed by atoms with E-state index < -0.39 is 97.5 Å². The lowest BCUT2D eigenvalue weighted by Gasteiger charge is -2.21. The molecule has 0 amide bonds. The van der Waals surface area contributed by atoms with E-state index in [2.05, 4.69) is 41.5 Å². The zero-order valence-corrected chi connectivity index (χ0v) is 68.0. The normalized spacial score (nSPS) is 14.2. The van der Waals surface area contributed by atoms with Crippen LogP contribution in [0.3, 0.4) is 0 Å². The number of aliphatic hydroxyl groups is 1. The van der Waals surface area contributed by atoms with E-state index in [1.54, 1.807) is 0 Å². The van der Waals surface area contributed by atoms with Crippen molar-refractivity contribution in [2.75, 3.05) is 39.6 Å². The Labute approximate surface area is 619 Å². The number of carbonyl (C=O) groups excluding carboxylic acids is 4. The predicted molar refractivity (Wildman–Crippen MR) is 414 cm³/mol. The third-order valence-electron chi connectivity index (χ3n) is 19.6. The van der Waals surface area contributed by atoms with Crippen LogP contribution in [0.1, 0.15) is 433 Å². The zero-order valence-electron chi connectivity index (χ0n) is 66.2. The number of phosphoric ester groups is 2. The lowest BCUT2D eigenvalue weighted by Crippen LogP contribution is -2.30. The molecular formula is C82H160O17P2. The van der Waals surface area contributed by atoms with Crippen LogP contribution in [-0.2, 0) is 65.4 Å². The molecule has 0 spiro atoms. The van der Waals surface area contributed by atoms with Gasteiger partial charge >= 0.3 is 39.5 Å². The van der Waals surface area contributed by atoms with Crippen LogP contribution in [0.5, 0.6) is 0 Å². The predicted octanol–water partition coefficient (Wildman–Crippen LogP) is 24.7. The molecule has 0 saturated heterocycles. The van der Waals surface area contributed by atoms with Crippen molar-refractivity contribution in [1.82, 2.24) is 0 Å². The number of phosphoric acid groups is 2. The van der Waals surface area contributed by atoms with Gasteiger partial charge in [0.15, 0.2) is 12.2 Å². The number of esters is 4. The SMILES string of the molecule is CCCCCCCCCCCCCCCCCCCCC(=O)OC[C@H](COP(=O)(O)OC[C@@H](O)COP(=O)(O)OC[C@@H](COC(=O)CCCCCCCCCCC(C)C)OC(=O)CCCCCCCCCCCCCCCC)OC(=O)CCCCCCCCCCCCCCCCC(C)CC. The largest absolute Gasteiger partial charge is 0.472 e. The van der Waals surface area contributed by atoms with Gasteiger partial charge < -0.3 is 33.8 Å². The minimum absolute atomic E-state index is 0.108. The first kappa shape index (κ1) is 99.1. The Morgan fingerprint density at radius 2 is 0.505 bits per heavy atom. The molecule has 0 aromatic rings. The van der Waals surface area contributed by atoms with Crippen molar-refractivity contribution in [3.8, 4) is 0 Å². The Bertz CT molecular complexity index is 1940. The van der Waals surface area contributed by atoms with Crippen LogP contribution in [0.2, 0.25) is 0 Å². The van der Waals surface area contributed by atoms with Gasteiger partial charge in [0.25, 0.3) is 0 Å². The van der Waals surface area contributed by atoms with Gasteiger partial charge in [-0.05, 0) is 37.5 Å². The highest BCUT2D eigenvalue weighted by Gasteiger charge is 2.30. The highest BCUT2D eigenvalue weighted by molar-refractivity contribution is 7.47. The van der Waals surface area contributed by atoms with Crippen LogP contribution in [0.4, 0.5) is 0 Å². The van der Waals surface area contributed by atoms with E-state index in [0.717, 1.165) is 102 Å². The number of hydrogen-bond acceptors (Lipinski definition) is 15. The van der Waals surface area contributed by atoms with Gasteiger partial charge in [-0.2, -0.15) is 0 Å². The summed E-state index contributed by atoms with van der Waals surface area (Å²) in [5.41, 5.74) is 0. The van der Waals surface area contributed by atoms with Crippen molar-refractivity contribution in [1.29, 1.82) is 0 Å². The Balaban J connectivity index is 5.25. The standard InChI is InChI=1S/C82H160O17P2/c1-7-10-12-14-16-18-20-22-24-25-26-27-32-35-39-46-52-58-64-79(84)92-70-77(98-82(87)67-61-55-49-41-37-33-29-28-30-34-38-45-51-57-63-75(6)9-3)72-96-100(88,89)94-68-76(83)69-95-101(90,91)97-73-78(71-93-80(85)65-59-53-47-43-42-44-50-56-62-74(4)5)99-81(86)66-60-54-48-40-36-31-23-21-19-17-15-13-11-8-2/h74-78,83H,7-73H2,1-6H3,(H,88,89)(H,90,91)/t75?,76-,77-,78-/m1/s1. The number of hydrogen-bond donors (Lipinski definition) is 3. The van der Waals surface area contributed by atoms with Crippen molar-refractivity contribution in [2.45, 2.75) is 452 Å². The summed E-state index contributed by atoms with van der Waals surface area (Å²) in [6.07, 6.45) is 63.7. The number of ether oxygens (including phenoxy) is 4. The summed E-state index contributed by atoms with van der Waals surface area (Å²) in [6, 6.07) is 0. The van der Waals surface area contributed by atoms with Crippen molar-refractivity contribution in [3.63, 3.8) is 0 Å². The Morgan fingerprint density at radius 1 is 0.287 bits per heavy atom. The topological polar surface area (TPSA) is 237 Å². The van der Waals surface area contributed by atoms with Crippen molar-refractivity contribution < 1.29 is 80.2 Å². The van der Waals surface area contributed by atoms with E-state index >= 15 is 0 Å². The maximum Gasteiger partial charge on any atom is 0.472 e. The monoisotopic (exact) mass is 1480 g/mol. The first-order valence-electron chi connectivity index (χ1n) is 42.5. The molecule has 0 aromatic heterocycles. The fraction of sp³-hybridized carbons (Fsp3) is 0.951. The van der Waals surface area contributed by atoms with Gasteiger partial charge in [0.1, 0.15) is 19.3 Å². The van der Waals surface area contributed by atoms with Gasteiger partial charge in [-0.1, -0.05) is 382 Å². The van der Waals surface area contributed by atoms with Crippen molar-refractivity contribution in [2.24, 2.45) is 11.8 Å². The van der Waals surface area contributed by atoms with E-state index in [4.69, 9.17) is 37.0 Å². The van der Waals surface area contributed by atoms with Crippen LogP contribution in [0.15, 0.2) is 0 Å². The molecule has 0 aliphatic heterocycles. The summed E-state index contributed by atoms with van der Waals surface area (Å²) in [6.45, 7) is 9.67. The molecule has 0 aliphatic carbocycles. The molecule has 0 rings (SSSR count). The molecule has 0 radical (unpaired) electrons. The van der Waals surface area contributed by atoms with E-state index in [9.17, 15) is 43.2 Å². The van der Waals surface area contributed by atoms with E-state index in [0.29, 0.717) is 25.7 Å². The molecule has 600 valence electrons. The summed E-state index contributed by atoms with van der Waals surface area (Å²) < 4.78 is 68.8. The van der Waals surface area contributed by atoms with Gasteiger partial charge in [-0.15, -0.1) is 0 Å². The fourth-order valence-electron chi connectivity index (χ4n) is 12.7. The van der Waals surface area contributed by atoms with Gasteiger partial charge in [0, 0.05) is 25.7 Å². The third-order valence-corrected chi connectivity index (χ3v) is 21.5. The molecule has 0 heterocycles. The summed E-state index contributed by atoms with van der Waals surface area (Å²) in [5.74, 6) is -0.534. The molecule has 101 heavy (non-hydrogen) atoms. The molecule has 3 N–H and O–H groups in total. The second kappa shape index (κ2) is 73.6. The molecule has 3 unspecified atom stereocenters. The van der Waals surface area contributed by atoms with Gasteiger partial charge in [-0.25, -0.2) is 9.13 Å². The summed E-state index contributed by atoms with van der Waals surface area (Å²) in [4.78, 5) is 73.1. The molecule has 17 nitrogen and oxygen atoms in total. The second-order valence-corrected chi connectivity index (χ2v) is 33.1. The van der Waals surface area contributed by atoms with E-state index in [1.807, 2.05) is 0 Å². The maximum atomic E-state index is 13.1. The lowest BCUT2D eigenvalue weighted by molar-refractivity contribution is -0.161. The lowest BCUT2D eigenvalue weighted by atomic mass is 9.99. The molecule has 0 bridgehead atoms. The zero-order chi connectivity index (χ0) is 74.2. The summed E-state index contributed by atoms with van der Waals surface area (Å²) in [5, 5.41) is 10.7. The number of unbranched alkanes of at least 4 members (excludes halogenated alkanes) is 50. The minimum Gasteiger partial charge on any atom is -0.462 e. The van der Waals surface area contributed by atoms with Crippen molar-refractivity contribution in [3.05, 3.63) is 0 Å². The fourth-order valence-corrected chi connectivity index (χ4v) is 14.3. The molecule has 0 saturated carbocycles. The molecule has 0 fully saturated rings. The quantitative estimate of drug-likeness (QED) is 0.0222. The van der Waals surface area contributed by atoms with Crippen LogP contribution >= 0.6 is 15.6 Å². The first-order valence-corrected chi connectivity index (χ1v) is 45.5. The summed E-state index contributed by atoms with van der Waals surface area (Å²) >= 11 is 0. The van der Waals surface area contributed by atoms with Crippen LogP contribution < -0.4 is 0 Å². The number of rotatable bonds is 81. The van der Waals surface area contributed by atoms with Crippen LogP contribution in [0.25, 0.3) is 0 Å². The van der Waals surface area contributed by atoms with Gasteiger partial charge in [-0.3, -0.25) is 37.3 Å². The van der Waals surface area contributed by atoms with E-state index in [1.165, 1.54) is 250 Å². The summed E-state index contributed by atoms with van der Waals surface area (Å²) in [7, 11) is -9.92. The molecule has 0 aromatic carbocycles. The molecular weight excluding hydrogens is 1320 g/mol. The van der Waals surface area contributed by atoms with Gasteiger partial charge in [0.2, 0.25) is 0 Å². The Morgan fingerprint density at radius 3 is 0.752 bits per heavy atom. The Kier molecular flexibility index (Phi) is 72.2. The average molecular weight is 1480 g/mol. The second-order valence-electron chi connectivity index (χ2n) is 30.2. The van der Waals surface area contributed by atoms with Crippen LogP contribution in [-0.4, -0.2) is 96.7 Å². The minimum atomic E-state index is -4.96. The van der Waals surface area contributed by atoms with Gasteiger partial charge in [0.05, 0.1) is 26.4 Å². The van der Waals surface area contributed by atoms with Crippen LogP contribution in [0, 0.1) is 11.8 Å². The molecule has 0 aliphatic rings. The van der Waals surface area contributed by atoms with E-state index in [-0.39, 0.29) is 25.7 Å². The molecule has 19 heteroatoms. The average Bonchev–Trinajstić information content (AvgIpc) is 0.940. The molecule has 6 atom stereocenters.